The van der Waals surface area contributed by atoms with Crippen LogP contribution in [0.2, 0.25) is 0 Å². The summed E-state index contributed by atoms with van der Waals surface area (Å²) in [7, 11) is 0. The fourth-order valence-corrected chi connectivity index (χ4v) is 2.79. The Morgan fingerprint density at radius 3 is 2.17 bits per heavy atom. The van der Waals surface area contributed by atoms with Crippen LogP contribution in [0, 0.1) is 10.8 Å². The molecule has 0 saturated heterocycles. The second kappa shape index (κ2) is 3.84. The van der Waals surface area contributed by atoms with Gasteiger partial charge in [-0.15, -0.1) is 0 Å². The van der Waals surface area contributed by atoms with Gasteiger partial charge in [-0.2, -0.15) is 0 Å². The first-order chi connectivity index (χ1) is 8.19. The molecule has 0 bridgehead atoms. The summed E-state index contributed by atoms with van der Waals surface area (Å²) in [4.78, 5) is 8.46. The molecule has 0 spiro atoms. The van der Waals surface area contributed by atoms with Crippen LogP contribution in [0.3, 0.4) is 0 Å². The van der Waals surface area contributed by atoms with E-state index in [1.54, 1.807) is 0 Å². The maximum absolute atomic E-state index is 5.96. The number of nitrogens with two attached hydrogens (primary N) is 1. The highest BCUT2D eigenvalue weighted by atomic mass is 15.1. The van der Waals surface area contributed by atoms with Crippen molar-refractivity contribution in [2.75, 3.05) is 11.1 Å². The van der Waals surface area contributed by atoms with Gasteiger partial charge in [0.1, 0.15) is 18.0 Å². The Kier molecular flexibility index (Phi) is 2.80. The molecule has 0 atom stereocenters. The van der Waals surface area contributed by atoms with Crippen LogP contribution in [0.5, 0.6) is 0 Å². The summed E-state index contributed by atoms with van der Waals surface area (Å²) in [6.45, 7) is 13.4. The summed E-state index contributed by atoms with van der Waals surface area (Å²) in [5.41, 5.74) is 7.54. The third-order valence-electron chi connectivity index (χ3n) is 4.79. The number of aromatic nitrogens is 2. The maximum atomic E-state index is 5.96. The Balaban J connectivity index is 2.29. The molecule has 4 nitrogen and oxygen atoms in total. The fraction of sp³-hybridized carbons (Fsp3) is 0.714. The lowest BCUT2D eigenvalue weighted by Gasteiger charge is -2.16. The van der Waals surface area contributed by atoms with Crippen molar-refractivity contribution in [2.24, 2.45) is 10.8 Å². The number of hydrogen-bond acceptors (Lipinski definition) is 4. The topological polar surface area (TPSA) is 63.8 Å². The van der Waals surface area contributed by atoms with Gasteiger partial charge in [-0.1, -0.05) is 41.5 Å². The number of rotatable bonds is 3. The normalized spacial score (nSPS) is 21.1. The summed E-state index contributed by atoms with van der Waals surface area (Å²) in [6.07, 6.45) is 1.53. The van der Waals surface area contributed by atoms with E-state index in [-0.39, 0.29) is 10.8 Å². The van der Waals surface area contributed by atoms with Gasteiger partial charge in [-0.05, 0) is 16.7 Å². The van der Waals surface area contributed by atoms with Gasteiger partial charge in [-0.25, -0.2) is 9.97 Å². The van der Waals surface area contributed by atoms with E-state index in [2.05, 4.69) is 56.8 Å². The average Bonchev–Trinajstić information content (AvgIpc) is 2.60. The maximum Gasteiger partial charge on any atom is 0.135 e. The lowest BCUT2D eigenvalue weighted by Crippen LogP contribution is -2.15. The van der Waals surface area contributed by atoms with Crippen LogP contribution in [0.15, 0.2) is 6.33 Å². The molecule has 0 aliphatic heterocycles. The zero-order valence-electron chi connectivity index (χ0n) is 12.2. The van der Waals surface area contributed by atoms with Crippen LogP contribution < -0.4 is 11.1 Å². The van der Waals surface area contributed by atoms with Crippen LogP contribution >= 0.6 is 0 Å². The van der Waals surface area contributed by atoms with Crippen molar-refractivity contribution in [2.45, 2.75) is 53.5 Å². The zero-order chi connectivity index (χ0) is 13.7. The van der Waals surface area contributed by atoms with E-state index in [1.165, 1.54) is 6.33 Å². The third kappa shape index (κ3) is 1.74. The Labute approximate surface area is 109 Å². The minimum absolute atomic E-state index is 0.279. The molecule has 1 aliphatic rings. The number of nitrogen functional groups attached to an aromatic ring is 1. The number of nitrogens with one attached hydrogen (secondary N) is 1. The zero-order valence-corrected chi connectivity index (χ0v) is 12.2. The number of anilines is 2. The molecule has 1 aromatic heterocycles. The van der Waals surface area contributed by atoms with Gasteiger partial charge in [0.2, 0.25) is 0 Å². The first kappa shape index (κ1) is 13.1. The largest absolute Gasteiger partial charge is 0.383 e. The smallest absolute Gasteiger partial charge is 0.135 e. The van der Waals surface area contributed by atoms with Gasteiger partial charge < -0.3 is 11.1 Å². The monoisotopic (exact) mass is 248 g/mol. The highest BCUT2D eigenvalue weighted by molar-refractivity contribution is 5.58. The first-order valence-electron chi connectivity index (χ1n) is 6.56. The van der Waals surface area contributed by atoms with E-state index in [4.69, 9.17) is 5.73 Å². The summed E-state index contributed by atoms with van der Waals surface area (Å²) < 4.78 is 0. The molecule has 2 rings (SSSR count). The third-order valence-corrected chi connectivity index (χ3v) is 4.79. The molecule has 1 heterocycles. The predicted molar refractivity (Wildman–Crippen MR) is 75.5 cm³/mol. The molecular formula is C14H24N4. The molecule has 1 aliphatic carbocycles. The van der Waals surface area contributed by atoms with Crippen molar-refractivity contribution in [1.82, 2.24) is 9.97 Å². The molecule has 100 valence electrons. The molecule has 0 radical (unpaired) electrons. The van der Waals surface area contributed by atoms with Gasteiger partial charge >= 0.3 is 0 Å². The van der Waals surface area contributed by atoms with Gasteiger partial charge in [0.15, 0.2) is 0 Å². The van der Waals surface area contributed by atoms with E-state index in [1.807, 2.05) is 0 Å². The summed E-state index contributed by atoms with van der Waals surface area (Å²) >= 11 is 0. The molecule has 0 amide bonds. The summed E-state index contributed by atoms with van der Waals surface area (Å²) in [5, 5.41) is 3.56. The van der Waals surface area contributed by atoms with Crippen molar-refractivity contribution in [3.63, 3.8) is 0 Å². The highest BCUT2D eigenvalue weighted by Crippen LogP contribution is 2.63. The van der Waals surface area contributed by atoms with Crippen LogP contribution in [0.1, 0.15) is 53.0 Å². The van der Waals surface area contributed by atoms with E-state index in [0.717, 1.165) is 11.4 Å². The van der Waals surface area contributed by atoms with Crippen LogP contribution in [-0.2, 0) is 0 Å². The van der Waals surface area contributed by atoms with E-state index >= 15 is 0 Å². The second-order valence-electron chi connectivity index (χ2n) is 6.70. The van der Waals surface area contributed by atoms with Gasteiger partial charge in [0.25, 0.3) is 0 Å². The molecule has 18 heavy (non-hydrogen) atoms. The Hall–Kier alpha value is -1.32. The van der Waals surface area contributed by atoms with Crippen LogP contribution in [0.25, 0.3) is 0 Å². The quantitative estimate of drug-likeness (QED) is 0.863. The van der Waals surface area contributed by atoms with E-state index in [0.29, 0.717) is 17.8 Å². The van der Waals surface area contributed by atoms with Crippen molar-refractivity contribution >= 4 is 11.6 Å². The molecule has 0 unspecified atom stereocenters. The Morgan fingerprint density at radius 1 is 1.17 bits per heavy atom. The fourth-order valence-electron chi connectivity index (χ4n) is 2.79. The predicted octanol–water partition coefficient (Wildman–Crippen LogP) is 3.03. The van der Waals surface area contributed by atoms with Crippen molar-refractivity contribution < 1.29 is 0 Å². The van der Waals surface area contributed by atoms with Crippen LogP contribution in [-0.4, -0.2) is 16.0 Å². The second-order valence-corrected chi connectivity index (χ2v) is 6.70. The van der Waals surface area contributed by atoms with Crippen molar-refractivity contribution in [1.29, 1.82) is 0 Å². The van der Waals surface area contributed by atoms with E-state index < -0.39 is 0 Å². The summed E-state index contributed by atoms with van der Waals surface area (Å²) in [5.74, 6) is 1.79. The molecular weight excluding hydrogens is 224 g/mol. The Bertz CT molecular complexity index is 449. The average molecular weight is 248 g/mol. The molecule has 4 heteroatoms. The molecule has 1 fully saturated rings. The lowest BCUT2D eigenvalue weighted by atomic mass is 10.0. The van der Waals surface area contributed by atoms with Gasteiger partial charge in [-0.3, -0.25) is 0 Å². The van der Waals surface area contributed by atoms with Gasteiger partial charge in [0, 0.05) is 11.6 Å². The van der Waals surface area contributed by atoms with Crippen LogP contribution in [0.4, 0.5) is 11.6 Å². The molecule has 3 N–H and O–H groups in total. The summed E-state index contributed by atoms with van der Waals surface area (Å²) in [6, 6.07) is 0.428. The standard InChI is InChI=1S/C14H24N4/c1-8(2)9-10(15)16-7-17-11(9)18-12-13(3,4)14(12,5)6/h7-8,12H,1-6H3,(H3,15,16,17,18). The highest BCUT2D eigenvalue weighted by Gasteiger charge is 2.65. The number of hydrogen-bond donors (Lipinski definition) is 2. The molecule has 0 aromatic carbocycles. The Morgan fingerprint density at radius 2 is 1.72 bits per heavy atom. The molecule has 1 saturated carbocycles. The molecule has 1 aromatic rings. The number of nitrogens with zero attached hydrogens (tertiary/aromatic N) is 2. The van der Waals surface area contributed by atoms with E-state index in [9.17, 15) is 0 Å². The van der Waals surface area contributed by atoms with Gasteiger partial charge in [0.05, 0.1) is 0 Å². The minimum Gasteiger partial charge on any atom is -0.383 e. The lowest BCUT2D eigenvalue weighted by molar-refractivity contribution is 0.457. The SMILES string of the molecule is CC(C)c1c(N)ncnc1NC1C(C)(C)C1(C)C. The minimum atomic E-state index is 0.279. The van der Waals surface area contributed by atoms with Crippen molar-refractivity contribution in [3.05, 3.63) is 11.9 Å². The first-order valence-corrected chi connectivity index (χ1v) is 6.56. The van der Waals surface area contributed by atoms with Crippen molar-refractivity contribution in [3.8, 4) is 0 Å².